The largest absolute Gasteiger partial charge is 0.478 e. The number of alkyl halides is 1. The van der Waals surface area contributed by atoms with Gasteiger partial charge in [-0.05, 0) is 66.6 Å². The number of anilines is 2. The van der Waals surface area contributed by atoms with E-state index >= 15 is 0 Å². The molecule has 6 rings (SSSR count). The number of carbonyl (C=O) groups is 3. The first-order valence-corrected chi connectivity index (χ1v) is 12.7. The molecule has 0 bridgehead atoms. The Labute approximate surface area is 231 Å². The second-order valence-electron chi connectivity index (χ2n) is 9.39. The van der Waals surface area contributed by atoms with Crippen LogP contribution in [0.15, 0.2) is 83.3 Å². The number of carbonyl (C=O) groups excluding carboxylic acids is 2. The molecule has 0 radical (unpaired) electrons. The van der Waals surface area contributed by atoms with Crippen molar-refractivity contribution in [2.75, 3.05) is 23.4 Å². The van der Waals surface area contributed by atoms with Crippen LogP contribution in [0.5, 0.6) is 0 Å². The van der Waals surface area contributed by atoms with E-state index in [4.69, 9.17) is 9.40 Å². The first-order valence-electron chi connectivity index (χ1n) is 12.7. The van der Waals surface area contributed by atoms with Gasteiger partial charge in [-0.1, -0.05) is 24.3 Å². The molecule has 41 heavy (non-hydrogen) atoms. The lowest BCUT2D eigenvalue weighted by atomic mass is 10.0. The minimum atomic E-state index is -1.22. The predicted molar refractivity (Wildman–Crippen MR) is 148 cm³/mol. The van der Waals surface area contributed by atoms with Gasteiger partial charge in [-0.3, -0.25) is 14.0 Å². The fourth-order valence-corrected chi connectivity index (χ4v) is 4.85. The van der Waals surface area contributed by atoms with Gasteiger partial charge in [0, 0.05) is 17.8 Å². The molecule has 5 aromatic rings. The van der Waals surface area contributed by atoms with Gasteiger partial charge in [-0.25, -0.2) is 19.1 Å². The van der Waals surface area contributed by atoms with Crippen molar-refractivity contribution >= 4 is 40.3 Å². The lowest BCUT2D eigenvalue weighted by Gasteiger charge is -2.17. The molecule has 2 N–H and O–H groups in total. The maximum absolute atomic E-state index is 14.0. The Morgan fingerprint density at radius 1 is 0.902 bits per heavy atom. The number of hydrogen-bond donors (Lipinski definition) is 2. The number of carboxylic acid groups (broad SMARTS) is 1. The maximum atomic E-state index is 14.0. The predicted octanol–water partition coefficient (Wildman–Crippen LogP) is 6.57. The van der Waals surface area contributed by atoms with Crippen LogP contribution >= 0.6 is 0 Å². The number of imide groups is 1. The van der Waals surface area contributed by atoms with Crippen molar-refractivity contribution in [3.63, 3.8) is 0 Å². The molecule has 0 aliphatic carbocycles. The van der Waals surface area contributed by atoms with Crippen LogP contribution in [0.2, 0.25) is 0 Å². The highest BCUT2D eigenvalue weighted by molar-refractivity contribution is 6.34. The summed E-state index contributed by atoms with van der Waals surface area (Å²) in [6, 6.07) is 19.9. The van der Waals surface area contributed by atoms with Crippen LogP contribution < -0.4 is 10.2 Å². The monoisotopic (exact) mass is 553 g/mol. The first kappa shape index (κ1) is 25.9. The van der Waals surface area contributed by atoms with Crippen LogP contribution in [-0.2, 0) is 0 Å². The Bertz CT molecular complexity index is 1870. The minimum absolute atomic E-state index is 0.0109. The minimum Gasteiger partial charge on any atom is -0.478 e. The number of oxazole rings is 1. The summed E-state index contributed by atoms with van der Waals surface area (Å²) < 4.78 is 32.9. The van der Waals surface area contributed by atoms with Gasteiger partial charge in [0.05, 0.1) is 34.6 Å². The van der Waals surface area contributed by atoms with Crippen LogP contribution in [0.25, 0.3) is 33.7 Å². The van der Waals surface area contributed by atoms with Gasteiger partial charge in [0.15, 0.2) is 5.58 Å². The summed E-state index contributed by atoms with van der Waals surface area (Å²) >= 11 is 0. The second kappa shape index (κ2) is 10.3. The van der Waals surface area contributed by atoms with Crippen molar-refractivity contribution in [2.24, 2.45) is 0 Å². The van der Waals surface area contributed by atoms with E-state index in [-0.39, 0.29) is 34.7 Å². The van der Waals surface area contributed by atoms with Crippen molar-refractivity contribution in [2.45, 2.75) is 6.42 Å². The van der Waals surface area contributed by atoms with Crippen LogP contribution in [0, 0.1) is 5.82 Å². The number of fused-ring (bicyclic) bond motifs is 2. The third-order valence-corrected chi connectivity index (χ3v) is 6.81. The molecule has 1 aromatic heterocycles. The zero-order valence-electron chi connectivity index (χ0n) is 21.4. The van der Waals surface area contributed by atoms with Crippen molar-refractivity contribution in [3.8, 4) is 22.6 Å². The molecule has 204 valence electrons. The smallest absolute Gasteiger partial charge is 0.335 e. The molecule has 8 nitrogen and oxygen atoms in total. The number of aromatic carboxylic acids is 1. The fourth-order valence-electron chi connectivity index (χ4n) is 4.85. The summed E-state index contributed by atoms with van der Waals surface area (Å²) in [5.41, 5.74) is 3.30. The molecule has 0 saturated carbocycles. The summed E-state index contributed by atoms with van der Waals surface area (Å²) in [5, 5.41) is 12.5. The second-order valence-corrected chi connectivity index (χ2v) is 9.39. The van der Waals surface area contributed by atoms with E-state index in [9.17, 15) is 28.3 Å². The van der Waals surface area contributed by atoms with Crippen LogP contribution in [-0.4, -0.2) is 41.1 Å². The van der Waals surface area contributed by atoms with E-state index in [1.165, 1.54) is 30.3 Å². The van der Waals surface area contributed by atoms with Gasteiger partial charge in [0.1, 0.15) is 11.3 Å². The van der Waals surface area contributed by atoms with Crippen molar-refractivity contribution in [1.29, 1.82) is 0 Å². The molecule has 0 atom stereocenters. The SMILES string of the molecule is O=C(O)c1ccc2c(c1)C(=O)N(c1ccc(NCCCF)c(-c3nc4c(-c5cccc(F)c5)cccc4o3)c1)C2=O. The Balaban J connectivity index is 1.45. The molecule has 0 fully saturated rings. The number of para-hydroxylation sites is 1. The molecular formula is C31H21F2N3O5. The summed E-state index contributed by atoms with van der Waals surface area (Å²) in [7, 11) is 0. The molecular weight excluding hydrogens is 532 g/mol. The lowest BCUT2D eigenvalue weighted by molar-refractivity contribution is 0.0696. The van der Waals surface area contributed by atoms with Gasteiger partial charge in [-0.15, -0.1) is 0 Å². The first-order chi connectivity index (χ1) is 19.9. The number of hydrogen-bond acceptors (Lipinski definition) is 6. The molecule has 2 amide bonds. The molecule has 0 unspecified atom stereocenters. The van der Waals surface area contributed by atoms with Gasteiger partial charge in [0.2, 0.25) is 5.89 Å². The quantitative estimate of drug-likeness (QED) is 0.165. The van der Waals surface area contributed by atoms with E-state index in [0.29, 0.717) is 40.0 Å². The average molecular weight is 554 g/mol. The van der Waals surface area contributed by atoms with Gasteiger partial charge in [-0.2, -0.15) is 0 Å². The van der Waals surface area contributed by atoms with Crippen LogP contribution in [0.4, 0.5) is 20.2 Å². The van der Waals surface area contributed by atoms with Crippen LogP contribution in [0.1, 0.15) is 37.5 Å². The van der Waals surface area contributed by atoms with Gasteiger partial charge < -0.3 is 14.8 Å². The van der Waals surface area contributed by atoms with Crippen LogP contribution in [0.3, 0.4) is 0 Å². The van der Waals surface area contributed by atoms with E-state index in [0.717, 1.165) is 4.90 Å². The summed E-state index contributed by atoms with van der Waals surface area (Å²) in [6.07, 6.45) is 0.253. The molecule has 4 aromatic carbocycles. The molecule has 1 aliphatic rings. The highest BCUT2D eigenvalue weighted by Gasteiger charge is 2.37. The highest BCUT2D eigenvalue weighted by Crippen LogP contribution is 2.38. The van der Waals surface area contributed by atoms with Crippen molar-refractivity contribution in [3.05, 3.63) is 101 Å². The Morgan fingerprint density at radius 2 is 1.71 bits per heavy atom. The third-order valence-electron chi connectivity index (χ3n) is 6.81. The Kier molecular flexibility index (Phi) is 6.50. The van der Waals surface area contributed by atoms with E-state index in [1.54, 1.807) is 48.5 Å². The molecule has 2 heterocycles. The van der Waals surface area contributed by atoms with E-state index in [2.05, 4.69) is 5.32 Å². The van der Waals surface area contributed by atoms with Gasteiger partial charge in [0.25, 0.3) is 11.8 Å². The molecule has 0 saturated heterocycles. The number of rotatable bonds is 8. The maximum Gasteiger partial charge on any atom is 0.335 e. The van der Waals surface area contributed by atoms with Gasteiger partial charge >= 0.3 is 5.97 Å². The van der Waals surface area contributed by atoms with E-state index in [1.807, 2.05) is 0 Å². The third kappa shape index (κ3) is 4.59. The van der Waals surface area contributed by atoms with Crippen molar-refractivity contribution < 1.29 is 32.7 Å². The Morgan fingerprint density at radius 3 is 2.49 bits per heavy atom. The average Bonchev–Trinajstić information content (AvgIpc) is 3.51. The number of nitrogens with one attached hydrogen (secondary N) is 1. The molecule has 1 aliphatic heterocycles. The zero-order chi connectivity index (χ0) is 28.7. The number of halogens is 2. The summed E-state index contributed by atoms with van der Waals surface area (Å²) in [5.74, 6) is -2.71. The standard InChI is InChI=1S/C31H21F2N3O5/c32-12-3-13-34-25-11-9-20(36-29(37)22-10-8-18(31(39)40)15-23(22)30(36)38)16-24(25)28-35-27-21(6-2-7-26(27)41-28)17-4-1-5-19(33)14-17/h1-2,4-11,14-16,34H,3,12-13H2,(H,39,40). The Hall–Kier alpha value is -5.38. The number of carboxylic acids is 1. The molecule has 0 spiro atoms. The molecule has 10 heteroatoms. The number of amides is 2. The normalized spacial score (nSPS) is 12.7. The lowest BCUT2D eigenvalue weighted by Crippen LogP contribution is -2.29. The number of aromatic nitrogens is 1. The highest BCUT2D eigenvalue weighted by atomic mass is 19.1. The zero-order valence-corrected chi connectivity index (χ0v) is 21.4. The fraction of sp³-hybridized carbons (Fsp3) is 0.0968. The topological polar surface area (TPSA) is 113 Å². The number of nitrogens with zero attached hydrogens (tertiary/aromatic N) is 2. The van der Waals surface area contributed by atoms with Crippen molar-refractivity contribution in [1.82, 2.24) is 4.98 Å². The summed E-state index contributed by atoms with van der Waals surface area (Å²) in [6.45, 7) is -0.212. The summed E-state index contributed by atoms with van der Waals surface area (Å²) in [4.78, 5) is 43.6. The van der Waals surface area contributed by atoms with E-state index < -0.39 is 30.3 Å². The number of benzene rings is 4.